The Morgan fingerprint density at radius 2 is 2.10 bits per heavy atom. The van der Waals surface area contributed by atoms with E-state index < -0.39 is 23.7 Å². The highest BCUT2D eigenvalue weighted by Crippen LogP contribution is 2.23. The van der Waals surface area contributed by atoms with Crippen molar-refractivity contribution in [3.8, 4) is 0 Å². The fourth-order valence-corrected chi connectivity index (χ4v) is 2.63. The zero-order valence-electron chi connectivity index (χ0n) is 11.9. The molecule has 2 rings (SSSR count). The fourth-order valence-electron chi connectivity index (χ4n) is 2.63. The molecule has 4 nitrogen and oxygen atoms in total. The summed E-state index contributed by atoms with van der Waals surface area (Å²) in [6.07, 6.45) is 0.178. The van der Waals surface area contributed by atoms with E-state index in [4.69, 9.17) is 0 Å². The maximum Gasteiger partial charge on any atom is 0.334 e. The molecule has 0 aromatic heterocycles. The first-order chi connectivity index (χ1) is 10.0. The summed E-state index contributed by atoms with van der Waals surface area (Å²) in [5.74, 6) is -1.88. The maximum absolute atomic E-state index is 13.6. The average Bonchev–Trinajstić information content (AvgIpc) is 2.49. The topological polar surface area (TPSA) is 49.8 Å². The summed E-state index contributed by atoms with van der Waals surface area (Å²) in [5, 5.41) is 9.80. The quantitative estimate of drug-likeness (QED) is 0.860. The second-order valence-corrected chi connectivity index (χ2v) is 5.32. The molecule has 0 aliphatic carbocycles. The minimum atomic E-state index is -1.10. The Labute approximate surface area is 122 Å². The van der Waals surface area contributed by atoms with Crippen molar-refractivity contribution in [1.82, 2.24) is 4.90 Å². The Morgan fingerprint density at radius 3 is 2.67 bits per heavy atom. The lowest BCUT2D eigenvalue weighted by molar-refractivity contribution is -0.154. The number of methoxy groups -OCH3 is 1. The molecule has 1 N–H and O–H groups in total. The second kappa shape index (κ2) is 6.95. The molecule has 1 aliphatic heterocycles. The highest BCUT2D eigenvalue weighted by atomic mass is 19.1. The number of carbonyl (C=O) groups is 1. The van der Waals surface area contributed by atoms with Crippen molar-refractivity contribution < 1.29 is 23.4 Å². The van der Waals surface area contributed by atoms with Gasteiger partial charge < -0.3 is 9.84 Å². The third-order valence-electron chi connectivity index (χ3n) is 3.93. The van der Waals surface area contributed by atoms with Gasteiger partial charge >= 0.3 is 5.97 Å². The van der Waals surface area contributed by atoms with Crippen LogP contribution in [0.3, 0.4) is 0 Å². The molecule has 1 aromatic rings. The highest BCUT2D eigenvalue weighted by molar-refractivity contribution is 5.74. The van der Waals surface area contributed by atoms with Crippen molar-refractivity contribution >= 4 is 5.97 Å². The van der Waals surface area contributed by atoms with Crippen LogP contribution < -0.4 is 0 Å². The monoisotopic (exact) mass is 299 g/mol. The molecule has 1 saturated heterocycles. The number of likely N-dealkylation sites (tertiary alicyclic amines) is 1. The zero-order chi connectivity index (χ0) is 15.4. The zero-order valence-corrected chi connectivity index (χ0v) is 11.9. The summed E-state index contributed by atoms with van der Waals surface area (Å²) in [7, 11) is 1.25. The summed E-state index contributed by atoms with van der Waals surface area (Å²) in [6, 6.07) is 3.56. The van der Waals surface area contributed by atoms with Gasteiger partial charge in [-0.15, -0.1) is 0 Å². The van der Waals surface area contributed by atoms with Crippen molar-refractivity contribution in [3.63, 3.8) is 0 Å². The van der Waals surface area contributed by atoms with Crippen LogP contribution in [0.25, 0.3) is 0 Å². The number of aliphatic hydroxyl groups is 1. The van der Waals surface area contributed by atoms with E-state index in [-0.39, 0.29) is 5.92 Å². The van der Waals surface area contributed by atoms with E-state index in [0.29, 0.717) is 38.0 Å². The third kappa shape index (κ3) is 3.98. The molecule has 0 radical (unpaired) electrons. The second-order valence-electron chi connectivity index (χ2n) is 5.32. The number of rotatable bonds is 4. The van der Waals surface area contributed by atoms with Crippen molar-refractivity contribution in [3.05, 3.63) is 35.4 Å². The lowest BCUT2D eigenvalue weighted by atomic mass is 9.91. The van der Waals surface area contributed by atoms with E-state index in [2.05, 4.69) is 4.74 Å². The number of esters is 1. The number of piperidine rings is 1. The lowest BCUT2D eigenvalue weighted by Gasteiger charge is -2.33. The minimum Gasteiger partial charge on any atom is -0.467 e. The Kier molecular flexibility index (Phi) is 5.25. The van der Waals surface area contributed by atoms with Crippen LogP contribution in [0.5, 0.6) is 0 Å². The smallest absolute Gasteiger partial charge is 0.334 e. The Morgan fingerprint density at radius 1 is 1.43 bits per heavy atom. The van der Waals surface area contributed by atoms with Gasteiger partial charge in [-0.1, -0.05) is 6.07 Å². The summed E-state index contributed by atoms with van der Waals surface area (Å²) >= 11 is 0. The summed E-state index contributed by atoms with van der Waals surface area (Å²) in [4.78, 5) is 13.3. The largest absolute Gasteiger partial charge is 0.467 e. The molecule has 1 fully saturated rings. The van der Waals surface area contributed by atoms with Crippen molar-refractivity contribution in [2.24, 2.45) is 5.92 Å². The van der Waals surface area contributed by atoms with Gasteiger partial charge in [-0.05, 0) is 37.9 Å². The van der Waals surface area contributed by atoms with Crippen LogP contribution >= 0.6 is 0 Å². The first kappa shape index (κ1) is 15.9. The van der Waals surface area contributed by atoms with Crippen LogP contribution in [0.15, 0.2) is 18.2 Å². The molecule has 0 spiro atoms. The van der Waals surface area contributed by atoms with Crippen LogP contribution in [0, 0.1) is 17.6 Å². The van der Waals surface area contributed by atoms with Crippen molar-refractivity contribution in [2.75, 3.05) is 20.2 Å². The van der Waals surface area contributed by atoms with Gasteiger partial charge in [-0.25, -0.2) is 13.6 Å². The fraction of sp³-hybridized carbons (Fsp3) is 0.533. The van der Waals surface area contributed by atoms with Gasteiger partial charge in [0.05, 0.1) is 7.11 Å². The molecule has 1 heterocycles. The number of nitrogens with zero attached hydrogens (tertiary/aromatic N) is 1. The Bertz CT molecular complexity index is 502. The number of hydrogen-bond donors (Lipinski definition) is 1. The number of aliphatic hydroxyl groups excluding tert-OH is 1. The van der Waals surface area contributed by atoms with Gasteiger partial charge in [0.2, 0.25) is 0 Å². The lowest BCUT2D eigenvalue weighted by Crippen LogP contribution is -2.40. The maximum atomic E-state index is 13.6. The molecular formula is C15H19F2NO3. The normalized spacial score (nSPS) is 18.5. The Hall–Kier alpha value is -1.53. The molecule has 6 heteroatoms. The molecule has 116 valence electrons. The van der Waals surface area contributed by atoms with E-state index in [1.807, 2.05) is 4.90 Å². The summed E-state index contributed by atoms with van der Waals surface area (Å²) < 4.78 is 31.0. The van der Waals surface area contributed by atoms with Gasteiger partial charge in [-0.3, -0.25) is 4.90 Å². The van der Waals surface area contributed by atoms with Gasteiger partial charge in [0, 0.05) is 18.2 Å². The van der Waals surface area contributed by atoms with Crippen LogP contribution in [0.2, 0.25) is 0 Å². The molecule has 1 aliphatic rings. The standard InChI is InChI=1S/C15H19F2NO3/c1-21-15(20)14(19)10-4-6-18(7-5-10)9-11-2-3-12(16)8-13(11)17/h2-3,8,10,14,19H,4-7,9H2,1H3. The summed E-state index contributed by atoms with van der Waals surface area (Å²) in [5.41, 5.74) is 0.448. The first-order valence-corrected chi connectivity index (χ1v) is 6.93. The van der Waals surface area contributed by atoms with E-state index in [1.165, 1.54) is 19.2 Å². The number of halogens is 2. The molecule has 0 bridgehead atoms. The molecule has 1 unspecified atom stereocenters. The van der Waals surface area contributed by atoms with Gasteiger partial charge in [0.15, 0.2) is 6.10 Å². The third-order valence-corrected chi connectivity index (χ3v) is 3.93. The number of carbonyl (C=O) groups excluding carboxylic acids is 1. The highest BCUT2D eigenvalue weighted by Gasteiger charge is 2.30. The number of hydrogen-bond acceptors (Lipinski definition) is 4. The predicted octanol–water partition coefficient (Wildman–Crippen LogP) is 1.71. The molecule has 21 heavy (non-hydrogen) atoms. The summed E-state index contributed by atoms with van der Waals surface area (Å²) in [6.45, 7) is 1.69. The number of benzene rings is 1. The van der Waals surface area contributed by atoms with E-state index in [1.54, 1.807) is 0 Å². The van der Waals surface area contributed by atoms with Crippen molar-refractivity contribution in [1.29, 1.82) is 0 Å². The number of ether oxygens (including phenoxy) is 1. The van der Waals surface area contributed by atoms with Gasteiger partial charge in [-0.2, -0.15) is 0 Å². The van der Waals surface area contributed by atoms with Crippen LogP contribution in [0.4, 0.5) is 8.78 Å². The molecule has 1 atom stereocenters. The SMILES string of the molecule is COC(=O)C(O)C1CCN(Cc2ccc(F)cc2F)CC1. The van der Waals surface area contributed by atoms with E-state index in [9.17, 15) is 18.7 Å². The average molecular weight is 299 g/mol. The molecule has 1 aromatic carbocycles. The van der Waals surface area contributed by atoms with Crippen LogP contribution in [-0.4, -0.2) is 42.3 Å². The van der Waals surface area contributed by atoms with E-state index in [0.717, 1.165) is 6.07 Å². The van der Waals surface area contributed by atoms with Crippen LogP contribution in [-0.2, 0) is 16.1 Å². The van der Waals surface area contributed by atoms with Crippen molar-refractivity contribution in [2.45, 2.75) is 25.5 Å². The first-order valence-electron chi connectivity index (χ1n) is 6.93. The minimum absolute atomic E-state index is 0.133. The molecule has 0 amide bonds. The van der Waals surface area contributed by atoms with Gasteiger partial charge in [0.1, 0.15) is 11.6 Å². The van der Waals surface area contributed by atoms with Gasteiger partial charge in [0.25, 0.3) is 0 Å². The van der Waals surface area contributed by atoms with Crippen LogP contribution in [0.1, 0.15) is 18.4 Å². The molecule has 0 saturated carbocycles. The van der Waals surface area contributed by atoms with E-state index >= 15 is 0 Å². The Balaban J connectivity index is 1.88. The predicted molar refractivity (Wildman–Crippen MR) is 72.4 cm³/mol. The molecular weight excluding hydrogens is 280 g/mol.